The van der Waals surface area contributed by atoms with Crippen molar-refractivity contribution >= 4 is 11.6 Å². The lowest BCUT2D eigenvalue weighted by atomic mass is 9.85. The molecule has 4 heteroatoms. The van der Waals surface area contributed by atoms with Crippen molar-refractivity contribution in [1.82, 2.24) is 5.32 Å². The third kappa shape index (κ3) is 5.82. The van der Waals surface area contributed by atoms with E-state index in [4.69, 9.17) is 4.74 Å². The first-order chi connectivity index (χ1) is 12.2. The monoisotopic (exact) mass is 344 g/mol. The predicted molar refractivity (Wildman–Crippen MR) is 101 cm³/mol. The molecule has 2 aliphatic rings. The lowest BCUT2D eigenvalue weighted by Crippen LogP contribution is -2.34. The van der Waals surface area contributed by atoms with Gasteiger partial charge in [0.25, 0.3) is 0 Å². The second kappa shape index (κ2) is 9.35. The van der Waals surface area contributed by atoms with E-state index in [0.717, 1.165) is 18.8 Å². The molecule has 138 valence electrons. The molecule has 1 aliphatic carbocycles. The molecule has 0 aromatic heterocycles. The Kier molecular flexibility index (Phi) is 6.88. The van der Waals surface area contributed by atoms with E-state index in [1.807, 2.05) is 12.1 Å². The highest BCUT2D eigenvalue weighted by Crippen LogP contribution is 2.24. The minimum atomic E-state index is 0.119. The highest BCUT2D eigenvalue weighted by atomic mass is 16.5. The van der Waals surface area contributed by atoms with Gasteiger partial charge < -0.3 is 15.4 Å². The zero-order valence-electron chi connectivity index (χ0n) is 15.4. The van der Waals surface area contributed by atoms with Crippen LogP contribution < -0.4 is 10.6 Å². The summed E-state index contributed by atoms with van der Waals surface area (Å²) in [6.07, 6.45) is 8.48. The number of carbonyl (C=O) groups is 1. The number of rotatable bonds is 7. The molecule has 2 atom stereocenters. The molecule has 1 aromatic rings. The molecule has 2 unspecified atom stereocenters. The largest absolute Gasteiger partial charge is 0.374 e. The van der Waals surface area contributed by atoms with Crippen LogP contribution in [0.15, 0.2) is 24.3 Å². The average molecular weight is 344 g/mol. The molecule has 2 N–H and O–H groups in total. The molecule has 1 heterocycles. The van der Waals surface area contributed by atoms with E-state index in [9.17, 15) is 4.79 Å². The average Bonchev–Trinajstić information content (AvgIpc) is 3.15. The van der Waals surface area contributed by atoms with Gasteiger partial charge in [-0.2, -0.15) is 0 Å². The summed E-state index contributed by atoms with van der Waals surface area (Å²) in [7, 11) is 0. The van der Waals surface area contributed by atoms with Gasteiger partial charge in [0.1, 0.15) is 0 Å². The number of amides is 1. The van der Waals surface area contributed by atoms with E-state index in [0.29, 0.717) is 31.0 Å². The first kappa shape index (κ1) is 18.4. The Morgan fingerprint density at radius 3 is 2.64 bits per heavy atom. The zero-order chi connectivity index (χ0) is 17.5. The summed E-state index contributed by atoms with van der Waals surface area (Å²) in [4.78, 5) is 12.3. The van der Waals surface area contributed by atoms with E-state index < -0.39 is 0 Å². The molecular formula is C21H32N2O2. The summed E-state index contributed by atoms with van der Waals surface area (Å²) in [5, 5.41) is 6.47. The Bertz CT molecular complexity index is 531. The van der Waals surface area contributed by atoms with E-state index >= 15 is 0 Å². The Balaban J connectivity index is 1.41. The van der Waals surface area contributed by atoms with Gasteiger partial charge in [0, 0.05) is 12.1 Å². The minimum absolute atomic E-state index is 0.119. The molecule has 4 nitrogen and oxygen atoms in total. The van der Waals surface area contributed by atoms with Crippen molar-refractivity contribution in [2.45, 2.75) is 64.6 Å². The van der Waals surface area contributed by atoms with Gasteiger partial charge in [-0.25, -0.2) is 0 Å². The van der Waals surface area contributed by atoms with Gasteiger partial charge >= 0.3 is 0 Å². The molecule has 0 spiro atoms. The van der Waals surface area contributed by atoms with Crippen molar-refractivity contribution in [2.24, 2.45) is 11.8 Å². The third-order valence-corrected chi connectivity index (χ3v) is 5.67. The summed E-state index contributed by atoms with van der Waals surface area (Å²) in [5.74, 6) is 1.16. The number of benzene rings is 1. The number of anilines is 1. The Hall–Kier alpha value is -1.39. The summed E-state index contributed by atoms with van der Waals surface area (Å²) >= 11 is 0. The maximum absolute atomic E-state index is 12.3. The standard InChI is InChI=1S/C21H32N2O2/c1-16(18-5-4-12-22-14-18)13-21(24)23-19-10-8-17(9-11-19)15-25-20-6-2-3-7-20/h8-11,16,18,20,22H,2-7,12-15H2,1H3,(H,23,24). The topological polar surface area (TPSA) is 50.4 Å². The number of piperidine rings is 1. The second-order valence-corrected chi connectivity index (χ2v) is 7.75. The van der Waals surface area contributed by atoms with Crippen LogP contribution in [0.3, 0.4) is 0 Å². The lowest BCUT2D eigenvalue weighted by molar-refractivity contribution is -0.117. The maximum Gasteiger partial charge on any atom is 0.224 e. The summed E-state index contributed by atoms with van der Waals surface area (Å²) in [6, 6.07) is 8.08. The molecular weight excluding hydrogens is 312 g/mol. The van der Waals surface area contributed by atoms with Crippen LogP contribution >= 0.6 is 0 Å². The van der Waals surface area contributed by atoms with Crippen LogP contribution in [0.2, 0.25) is 0 Å². The number of carbonyl (C=O) groups excluding carboxylic acids is 1. The Labute approximate surface area is 151 Å². The molecule has 25 heavy (non-hydrogen) atoms. The first-order valence-electron chi connectivity index (χ1n) is 9.92. The van der Waals surface area contributed by atoms with Crippen LogP contribution in [0.1, 0.15) is 57.4 Å². The summed E-state index contributed by atoms with van der Waals surface area (Å²) < 4.78 is 5.94. The second-order valence-electron chi connectivity index (χ2n) is 7.75. The van der Waals surface area contributed by atoms with Crippen molar-refractivity contribution in [2.75, 3.05) is 18.4 Å². The highest BCUT2D eigenvalue weighted by molar-refractivity contribution is 5.90. The van der Waals surface area contributed by atoms with Gasteiger partial charge in [-0.3, -0.25) is 4.79 Å². The van der Waals surface area contributed by atoms with Crippen molar-refractivity contribution < 1.29 is 9.53 Å². The molecule has 1 saturated carbocycles. The Morgan fingerprint density at radius 2 is 1.96 bits per heavy atom. The Morgan fingerprint density at radius 1 is 1.20 bits per heavy atom. The quantitative estimate of drug-likeness (QED) is 0.782. The minimum Gasteiger partial charge on any atom is -0.374 e. The van der Waals surface area contributed by atoms with Crippen molar-refractivity contribution in [3.63, 3.8) is 0 Å². The summed E-state index contributed by atoms with van der Waals surface area (Å²) in [6.45, 7) is 5.03. The van der Waals surface area contributed by atoms with Gasteiger partial charge in [-0.15, -0.1) is 0 Å². The molecule has 1 saturated heterocycles. The van der Waals surface area contributed by atoms with E-state index in [-0.39, 0.29) is 5.91 Å². The van der Waals surface area contributed by atoms with Crippen molar-refractivity contribution in [3.05, 3.63) is 29.8 Å². The van der Waals surface area contributed by atoms with Gasteiger partial charge in [-0.05, 0) is 68.3 Å². The summed E-state index contributed by atoms with van der Waals surface area (Å²) in [5.41, 5.74) is 2.05. The molecule has 1 aliphatic heterocycles. The van der Waals surface area contributed by atoms with Crippen LogP contribution in [0.5, 0.6) is 0 Å². The number of ether oxygens (including phenoxy) is 1. The zero-order valence-corrected chi connectivity index (χ0v) is 15.4. The van der Waals surface area contributed by atoms with E-state index in [1.54, 1.807) is 0 Å². The normalized spacial score (nSPS) is 22.7. The van der Waals surface area contributed by atoms with Crippen LogP contribution in [-0.4, -0.2) is 25.1 Å². The van der Waals surface area contributed by atoms with Gasteiger partial charge in [0.2, 0.25) is 5.91 Å². The van der Waals surface area contributed by atoms with Gasteiger partial charge in [0.05, 0.1) is 12.7 Å². The fraction of sp³-hybridized carbons (Fsp3) is 0.667. The van der Waals surface area contributed by atoms with Crippen LogP contribution in [-0.2, 0) is 16.1 Å². The first-order valence-corrected chi connectivity index (χ1v) is 9.92. The number of nitrogens with one attached hydrogen (secondary N) is 2. The SMILES string of the molecule is CC(CC(=O)Nc1ccc(COC2CCCC2)cc1)C1CCCNC1. The molecule has 2 fully saturated rings. The molecule has 1 aromatic carbocycles. The van der Waals surface area contributed by atoms with Crippen LogP contribution in [0.25, 0.3) is 0 Å². The van der Waals surface area contributed by atoms with E-state index in [1.165, 1.54) is 44.1 Å². The lowest BCUT2D eigenvalue weighted by Gasteiger charge is -2.28. The predicted octanol–water partition coefficient (Wildman–Crippen LogP) is 4.11. The van der Waals surface area contributed by atoms with Crippen LogP contribution in [0, 0.1) is 11.8 Å². The van der Waals surface area contributed by atoms with Gasteiger partial charge in [-0.1, -0.05) is 31.9 Å². The maximum atomic E-state index is 12.3. The van der Waals surface area contributed by atoms with Gasteiger partial charge in [0.15, 0.2) is 0 Å². The fourth-order valence-electron chi connectivity index (χ4n) is 3.99. The van der Waals surface area contributed by atoms with E-state index in [2.05, 4.69) is 29.7 Å². The molecule has 1 amide bonds. The number of hydrogen-bond donors (Lipinski definition) is 2. The molecule has 0 bridgehead atoms. The molecule has 0 radical (unpaired) electrons. The molecule has 3 rings (SSSR count). The number of hydrogen-bond acceptors (Lipinski definition) is 3. The fourth-order valence-corrected chi connectivity index (χ4v) is 3.99. The smallest absolute Gasteiger partial charge is 0.224 e. The van der Waals surface area contributed by atoms with Crippen LogP contribution in [0.4, 0.5) is 5.69 Å². The third-order valence-electron chi connectivity index (χ3n) is 5.67. The highest BCUT2D eigenvalue weighted by Gasteiger charge is 2.22. The van der Waals surface area contributed by atoms with Crippen molar-refractivity contribution in [3.8, 4) is 0 Å². The van der Waals surface area contributed by atoms with Crippen molar-refractivity contribution in [1.29, 1.82) is 0 Å².